The second-order valence-corrected chi connectivity index (χ2v) is 4.64. The molecule has 2 aromatic heterocycles. The maximum Gasteiger partial charge on any atom is 0.330 e. The van der Waals surface area contributed by atoms with Crippen molar-refractivity contribution in [3.8, 4) is 0 Å². The van der Waals surface area contributed by atoms with Crippen molar-refractivity contribution in [3.63, 3.8) is 0 Å². The van der Waals surface area contributed by atoms with E-state index in [1.165, 1.54) is 10.9 Å². The van der Waals surface area contributed by atoms with Crippen LogP contribution >= 0.6 is 0 Å². The van der Waals surface area contributed by atoms with Gasteiger partial charge in [-0.3, -0.25) is 19.8 Å². The van der Waals surface area contributed by atoms with Gasteiger partial charge in [-0.25, -0.2) is 0 Å². The fourth-order valence-corrected chi connectivity index (χ4v) is 2.22. The quantitative estimate of drug-likeness (QED) is 0.587. The molecule has 1 aromatic carbocycles. The lowest BCUT2D eigenvalue weighted by Gasteiger charge is -2.06. The fourth-order valence-electron chi connectivity index (χ4n) is 2.22. The van der Waals surface area contributed by atoms with Crippen molar-refractivity contribution in [2.75, 3.05) is 5.32 Å². The molecule has 0 saturated carbocycles. The molecular formula is C14H13N5O2. The van der Waals surface area contributed by atoms with Crippen LogP contribution in [-0.2, 0) is 13.6 Å². The van der Waals surface area contributed by atoms with Gasteiger partial charge < -0.3 is 5.32 Å². The van der Waals surface area contributed by atoms with Crippen molar-refractivity contribution in [2.45, 2.75) is 6.54 Å². The first kappa shape index (κ1) is 13.0. The Bertz CT molecular complexity index is 807. The Balaban J connectivity index is 1.89. The second kappa shape index (κ2) is 5.20. The van der Waals surface area contributed by atoms with E-state index in [1.807, 2.05) is 30.3 Å². The number of fused-ring (bicyclic) bond motifs is 1. The summed E-state index contributed by atoms with van der Waals surface area (Å²) in [5, 5.41) is 19.1. The summed E-state index contributed by atoms with van der Waals surface area (Å²) < 4.78 is 1.42. The summed E-state index contributed by atoms with van der Waals surface area (Å²) in [6, 6.07) is 9.72. The average Bonchev–Trinajstić information content (AvgIpc) is 2.86. The van der Waals surface area contributed by atoms with E-state index < -0.39 is 4.92 Å². The Morgan fingerprint density at radius 3 is 2.95 bits per heavy atom. The highest BCUT2D eigenvalue weighted by Crippen LogP contribution is 2.23. The summed E-state index contributed by atoms with van der Waals surface area (Å²) in [5.41, 5.74) is 1.81. The number of anilines is 1. The number of para-hydroxylation sites is 1. The fraction of sp³-hybridized carbons (Fsp3) is 0.143. The molecule has 7 nitrogen and oxygen atoms in total. The van der Waals surface area contributed by atoms with E-state index >= 15 is 0 Å². The molecule has 2 heterocycles. The molecular weight excluding hydrogens is 270 g/mol. The third kappa shape index (κ3) is 2.53. The van der Waals surface area contributed by atoms with Crippen molar-refractivity contribution in [1.29, 1.82) is 0 Å². The van der Waals surface area contributed by atoms with Crippen molar-refractivity contribution in [1.82, 2.24) is 14.8 Å². The van der Waals surface area contributed by atoms with Gasteiger partial charge in [-0.1, -0.05) is 24.3 Å². The van der Waals surface area contributed by atoms with Gasteiger partial charge in [0.2, 0.25) is 5.82 Å². The van der Waals surface area contributed by atoms with Gasteiger partial charge in [-0.15, -0.1) is 5.10 Å². The largest absolute Gasteiger partial charge is 0.359 e. The summed E-state index contributed by atoms with van der Waals surface area (Å²) in [6.07, 6.45) is 3.11. The zero-order chi connectivity index (χ0) is 14.8. The predicted molar refractivity (Wildman–Crippen MR) is 78.9 cm³/mol. The molecule has 0 aliphatic heterocycles. The number of hydrogen-bond donors (Lipinski definition) is 1. The lowest BCUT2D eigenvalue weighted by molar-refractivity contribution is -0.384. The minimum Gasteiger partial charge on any atom is -0.359 e. The highest BCUT2D eigenvalue weighted by atomic mass is 16.6. The molecule has 3 rings (SSSR count). The number of nitrogens with one attached hydrogen (secondary N) is 1. The number of benzene rings is 1. The molecule has 0 amide bonds. The van der Waals surface area contributed by atoms with Gasteiger partial charge >= 0.3 is 5.69 Å². The van der Waals surface area contributed by atoms with Crippen LogP contribution in [0.4, 0.5) is 11.5 Å². The van der Waals surface area contributed by atoms with Crippen molar-refractivity contribution >= 4 is 22.4 Å². The molecule has 0 atom stereocenters. The number of aryl methyl sites for hydroxylation is 1. The van der Waals surface area contributed by atoms with Gasteiger partial charge in [0.15, 0.2) is 0 Å². The Morgan fingerprint density at radius 1 is 1.33 bits per heavy atom. The molecule has 0 aliphatic rings. The van der Waals surface area contributed by atoms with Crippen LogP contribution in [0.25, 0.3) is 10.9 Å². The van der Waals surface area contributed by atoms with E-state index in [4.69, 9.17) is 0 Å². The van der Waals surface area contributed by atoms with E-state index in [1.54, 1.807) is 13.2 Å². The van der Waals surface area contributed by atoms with Crippen molar-refractivity contribution < 1.29 is 4.92 Å². The number of nitro groups is 1. The first-order valence-corrected chi connectivity index (χ1v) is 6.39. The summed E-state index contributed by atoms with van der Waals surface area (Å²) in [6.45, 7) is 0.423. The minimum absolute atomic E-state index is 0.0364. The normalized spacial score (nSPS) is 10.7. The van der Waals surface area contributed by atoms with Crippen molar-refractivity contribution in [2.24, 2.45) is 7.05 Å². The van der Waals surface area contributed by atoms with Crippen LogP contribution in [0.3, 0.4) is 0 Å². The third-order valence-corrected chi connectivity index (χ3v) is 3.17. The highest BCUT2D eigenvalue weighted by molar-refractivity contribution is 5.81. The number of nitrogens with zero attached hydrogens (tertiary/aromatic N) is 4. The monoisotopic (exact) mass is 283 g/mol. The second-order valence-electron chi connectivity index (χ2n) is 4.64. The van der Waals surface area contributed by atoms with Crippen molar-refractivity contribution in [3.05, 3.63) is 58.4 Å². The first-order chi connectivity index (χ1) is 10.1. The number of hydrogen-bond acceptors (Lipinski definition) is 5. The Morgan fingerprint density at radius 2 is 2.14 bits per heavy atom. The molecule has 0 aliphatic carbocycles. The van der Waals surface area contributed by atoms with Gasteiger partial charge in [0.05, 0.1) is 10.4 Å². The van der Waals surface area contributed by atoms with E-state index in [9.17, 15) is 10.1 Å². The molecule has 3 aromatic rings. The van der Waals surface area contributed by atoms with Gasteiger partial charge in [-0.05, 0) is 11.6 Å². The molecule has 21 heavy (non-hydrogen) atoms. The van der Waals surface area contributed by atoms with Gasteiger partial charge in [0, 0.05) is 25.2 Å². The molecule has 1 N–H and O–H groups in total. The molecule has 0 bridgehead atoms. The van der Waals surface area contributed by atoms with Crippen LogP contribution in [-0.4, -0.2) is 19.7 Å². The third-order valence-electron chi connectivity index (χ3n) is 3.17. The highest BCUT2D eigenvalue weighted by Gasteiger charge is 2.18. The SMILES string of the molecule is Cn1cc([N+](=O)[O-])c(NCc2cccc3cccnc23)n1. The van der Waals surface area contributed by atoms with E-state index in [0.717, 1.165) is 16.5 Å². The van der Waals surface area contributed by atoms with E-state index in [-0.39, 0.29) is 11.5 Å². The minimum atomic E-state index is -0.448. The maximum absolute atomic E-state index is 11.0. The Labute approximate surface area is 120 Å². The van der Waals surface area contributed by atoms with Crippen LogP contribution in [0.2, 0.25) is 0 Å². The van der Waals surface area contributed by atoms with Crippen LogP contribution in [0, 0.1) is 10.1 Å². The lowest BCUT2D eigenvalue weighted by Crippen LogP contribution is -2.03. The lowest BCUT2D eigenvalue weighted by atomic mass is 10.1. The van der Waals surface area contributed by atoms with Gasteiger partial charge in [-0.2, -0.15) is 0 Å². The summed E-state index contributed by atoms with van der Waals surface area (Å²) in [5.74, 6) is 0.260. The summed E-state index contributed by atoms with van der Waals surface area (Å²) >= 11 is 0. The number of aromatic nitrogens is 3. The summed E-state index contributed by atoms with van der Waals surface area (Å²) in [7, 11) is 1.65. The van der Waals surface area contributed by atoms with Gasteiger partial charge in [0.25, 0.3) is 0 Å². The zero-order valence-corrected chi connectivity index (χ0v) is 11.4. The molecule has 0 spiro atoms. The topological polar surface area (TPSA) is 85.9 Å². The predicted octanol–water partition coefficient (Wildman–Crippen LogP) is 2.49. The molecule has 0 unspecified atom stereocenters. The smallest absolute Gasteiger partial charge is 0.330 e. The first-order valence-electron chi connectivity index (χ1n) is 6.39. The Hall–Kier alpha value is -2.96. The van der Waals surface area contributed by atoms with Crippen LogP contribution in [0.5, 0.6) is 0 Å². The van der Waals surface area contributed by atoms with Gasteiger partial charge in [0.1, 0.15) is 6.20 Å². The molecule has 0 fully saturated rings. The number of pyridine rings is 1. The Kier molecular flexibility index (Phi) is 3.23. The molecule has 0 radical (unpaired) electrons. The van der Waals surface area contributed by atoms with Crippen LogP contribution in [0.1, 0.15) is 5.56 Å². The number of rotatable bonds is 4. The molecule has 0 saturated heterocycles. The standard InChI is InChI=1S/C14H13N5O2/c1-18-9-12(19(20)21)14(17-18)16-8-11-5-2-4-10-6-3-7-15-13(10)11/h2-7,9H,8H2,1H3,(H,16,17). The van der Waals surface area contributed by atoms with E-state index in [0.29, 0.717) is 6.54 Å². The van der Waals surface area contributed by atoms with Crippen LogP contribution < -0.4 is 5.32 Å². The molecule has 7 heteroatoms. The maximum atomic E-state index is 11.0. The zero-order valence-electron chi connectivity index (χ0n) is 11.4. The molecule has 106 valence electrons. The average molecular weight is 283 g/mol. The van der Waals surface area contributed by atoms with Crippen LogP contribution in [0.15, 0.2) is 42.7 Å². The summed E-state index contributed by atoms with van der Waals surface area (Å²) in [4.78, 5) is 14.9. The van der Waals surface area contributed by atoms with E-state index in [2.05, 4.69) is 15.4 Å².